The minimum atomic E-state index is 0.297. The Balaban J connectivity index is 2.08. The molecule has 3 N–H and O–H groups in total. The maximum atomic E-state index is 5.64. The molecule has 3 atom stereocenters. The summed E-state index contributed by atoms with van der Waals surface area (Å²) in [4.78, 5) is 0. The van der Waals surface area contributed by atoms with Crippen LogP contribution >= 0.6 is 0 Å². The first kappa shape index (κ1) is 9.01. The molecule has 1 aliphatic rings. The van der Waals surface area contributed by atoms with Crippen LogP contribution in [0.1, 0.15) is 33.1 Å². The molecular weight excluding hydrogens is 136 g/mol. The van der Waals surface area contributed by atoms with E-state index in [4.69, 9.17) is 5.73 Å². The lowest BCUT2D eigenvalue weighted by molar-refractivity contribution is 0.482. The van der Waals surface area contributed by atoms with Crippen molar-refractivity contribution < 1.29 is 0 Å². The SMILES string of the molecule is CC1CCC(NC[C@H](C)N)C1. The van der Waals surface area contributed by atoms with Crippen LogP contribution in [0.15, 0.2) is 0 Å². The van der Waals surface area contributed by atoms with Crippen molar-refractivity contribution in [3.63, 3.8) is 0 Å². The number of rotatable bonds is 3. The van der Waals surface area contributed by atoms with Crippen LogP contribution in [-0.2, 0) is 0 Å². The highest BCUT2D eigenvalue weighted by atomic mass is 14.9. The molecule has 0 aromatic rings. The first-order chi connectivity index (χ1) is 5.18. The molecule has 1 aliphatic carbocycles. The van der Waals surface area contributed by atoms with E-state index in [1.165, 1.54) is 19.3 Å². The molecule has 2 nitrogen and oxygen atoms in total. The van der Waals surface area contributed by atoms with Crippen LogP contribution in [0.2, 0.25) is 0 Å². The van der Waals surface area contributed by atoms with Crippen molar-refractivity contribution in [2.45, 2.75) is 45.2 Å². The van der Waals surface area contributed by atoms with Gasteiger partial charge in [0.2, 0.25) is 0 Å². The Labute approximate surface area is 69.5 Å². The molecular formula is C9H20N2. The van der Waals surface area contributed by atoms with Crippen LogP contribution in [0.5, 0.6) is 0 Å². The number of nitrogens with two attached hydrogens (primary N) is 1. The van der Waals surface area contributed by atoms with Gasteiger partial charge in [0.15, 0.2) is 0 Å². The molecule has 11 heavy (non-hydrogen) atoms. The second-order valence-electron chi connectivity index (χ2n) is 4.00. The van der Waals surface area contributed by atoms with Gasteiger partial charge in [-0.25, -0.2) is 0 Å². The summed E-state index contributed by atoms with van der Waals surface area (Å²) < 4.78 is 0. The molecule has 1 rings (SSSR count). The van der Waals surface area contributed by atoms with Crippen LogP contribution in [0.3, 0.4) is 0 Å². The van der Waals surface area contributed by atoms with E-state index in [-0.39, 0.29) is 0 Å². The summed E-state index contributed by atoms with van der Waals surface area (Å²) in [5.41, 5.74) is 5.64. The second kappa shape index (κ2) is 4.07. The molecule has 2 unspecified atom stereocenters. The summed E-state index contributed by atoms with van der Waals surface area (Å²) in [6.45, 7) is 5.34. The summed E-state index contributed by atoms with van der Waals surface area (Å²) in [7, 11) is 0. The van der Waals surface area contributed by atoms with Gasteiger partial charge >= 0.3 is 0 Å². The van der Waals surface area contributed by atoms with Crippen molar-refractivity contribution in [3.8, 4) is 0 Å². The van der Waals surface area contributed by atoms with Crippen molar-refractivity contribution in [2.75, 3.05) is 6.54 Å². The molecule has 66 valence electrons. The van der Waals surface area contributed by atoms with Crippen LogP contribution in [0, 0.1) is 5.92 Å². The maximum Gasteiger partial charge on any atom is 0.0136 e. The van der Waals surface area contributed by atoms with E-state index >= 15 is 0 Å². The molecule has 1 fully saturated rings. The summed E-state index contributed by atoms with van der Waals surface area (Å²) in [6.07, 6.45) is 4.07. The highest BCUT2D eigenvalue weighted by Gasteiger charge is 2.20. The summed E-state index contributed by atoms with van der Waals surface area (Å²) in [6, 6.07) is 1.04. The van der Waals surface area contributed by atoms with Crippen LogP contribution < -0.4 is 11.1 Å². The van der Waals surface area contributed by atoms with E-state index in [0.29, 0.717) is 6.04 Å². The highest BCUT2D eigenvalue weighted by molar-refractivity contribution is 4.78. The predicted octanol–water partition coefficient (Wildman–Crippen LogP) is 1.11. The Kier molecular flexibility index (Phi) is 3.34. The highest BCUT2D eigenvalue weighted by Crippen LogP contribution is 2.24. The van der Waals surface area contributed by atoms with Gasteiger partial charge < -0.3 is 11.1 Å². The minimum absolute atomic E-state index is 0.297. The van der Waals surface area contributed by atoms with Gasteiger partial charge in [0.05, 0.1) is 0 Å². The first-order valence-electron chi connectivity index (χ1n) is 4.67. The van der Waals surface area contributed by atoms with E-state index in [0.717, 1.165) is 18.5 Å². The number of hydrogen-bond acceptors (Lipinski definition) is 2. The van der Waals surface area contributed by atoms with E-state index in [1.54, 1.807) is 0 Å². The predicted molar refractivity (Wildman–Crippen MR) is 48.5 cm³/mol. The molecule has 0 radical (unpaired) electrons. The Morgan fingerprint density at radius 1 is 1.55 bits per heavy atom. The van der Waals surface area contributed by atoms with Gasteiger partial charge in [-0.3, -0.25) is 0 Å². The third kappa shape index (κ3) is 3.21. The van der Waals surface area contributed by atoms with Crippen LogP contribution in [0.4, 0.5) is 0 Å². The van der Waals surface area contributed by atoms with Gasteiger partial charge in [-0.2, -0.15) is 0 Å². The van der Waals surface area contributed by atoms with E-state index in [2.05, 4.69) is 12.2 Å². The normalized spacial score (nSPS) is 34.1. The molecule has 0 amide bonds. The largest absolute Gasteiger partial charge is 0.327 e. The van der Waals surface area contributed by atoms with Gasteiger partial charge in [0.25, 0.3) is 0 Å². The van der Waals surface area contributed by atoms with Gasteiger partial charge in [0.1, 0.15) is 0 Å². The third-order valence-corrected chi connectivity index (χ3v) is 2.42. The summed E-state index contributed by atoms with van der Waals surface area (Å²) in [5, 5.41) is 3.49. The maximum absolute atomic E-state index is 5.64. The lowest BCUT2D eigenvalue weighted by Crippen LogP contribution is -2.36. The van der Waals surface area contributed by atoms with Crippen molar-refractivity contribution in [2.24, 2.45) is 11.7 Å². The van der Waals surface area contributed by atoms with Crippen molar-refractivity contribution >= 4 is 0 Å². The standard InChI is InChI=1S/C9H20N2/c1-7-3-4-9(5-7)11-6-8(2)10/h7-9,11H,3-6,10H2,1-2H3/t7?,8-,9?/m0/s1. The van der Waals surface area contributed by atoms with E-state index < -0.39 is 0 Å². The topological polar surface area (TPSA) is 38.0 Å². The van der Waals surface area contributed by atoms with Crippen molar-refractivity contribution in [1.82, 2.24) is 5.32 Å². The Bertz CT molecular complexity index is 112. The molecule has 1 saturated carbocycles. The summed E-state index contributed by atoms with van der Waals surface area (Å²) >= 11 is 0. The molecule has 0 bridgehead atoms. The van der Waals surface area contributed by atoms with Gasteiger partial charge in [0, 0.05) is 18.6 Å². The molecule has 0 heterocycles. The Hall–Kier alpha value is -0.0800. The average Bonchev–Trinajstić information content (AvgIpc) is 2.31. The quantitative estimate of drug-likeness (QED) is 0.642. The number of hydrogen-bond donors (Lipinski definition) is 2. The van der Waals surface area contributed by atoms with E-state index in [1.807, 2.05) is 6.92 Å². The van der Waals surface area contributed by atoms with Crippen molar-refractivity contribution in [1.29, 1.82) is 0 Å². The zero-order valence-corrected chi connectivity index (χ0v) is 7.64. The molecule has 0 aromatic heterocycles. The monoisotopic (exact) mass is 156 g/mol. The average molecular weight is 156 g/mol. The smallest absolute Gasteiger partial charge is 0.0136 e. The van der Waals surface area contributed by atoms with Crippen LogP contribution in [-0.4, -0.2) is 18.6 Å². The lowest BCUT2D eigenvalue weighted by Gasteiger charge is -2.13. The molecule has 0 aliphatic heterocycles. The Morgan fingerprint density at radius 2 is 2.27 bits per heavy atom. The van der Waals surface area contributed by atoms with Gasteiger partial charge in [-0.15, -0.1) is 0 Å². The first-order valence-corrected chi connectivity index (χ1v) is 4.67. The molecule has 2 heteroatoms. The molecule has 0 saturated heterocycles. The minimum Gasteiger partial charge on any atom is -0.327 e. The van der Waals surface area contributed by atoms with Gasteiger partial charge in [-0.1, -0.05) is 6.92 Å². The fraction of sp³-hybridized carbons (Fsp3) is 1.00. The van der Waals surface area contributed by atoms with Crippen molar-refractivity contribution in [3.05, 3.63) is 0 Å². The fourth-order valence-corrected chi connectivity index (χ4v) is 1.75. The lowest BCUT2D eigenvalue weighted by atomic mass is 10.1. The molecule has 0 aromatic carbocycles. The Morgan fingerprint density at radius 3 is 2.73 bits per heavy atom. The zero-order chi connectivity index (χ0) is 8.27. The molecule has 0 spiro atoms. The van der Waals surface area contributed by atoms with Gasteiger partial charge in [-0.05, 0) is 32.1 Å². The third-order valence-electron chi connectivity index (χ3n) is 2.42. The van der Waals surface area contributed by atoms with Crippen LogP contribution in [0.25, 0.3) is 0 Å². The number of nitrogens with one attached hydrogen (secondary N) is 1. The van der Waals surface area contributed by atoms with E-state index in [9.17, 15) is 0 Å². The zero-order valence-electron chi connectivity index (χ0n) is 7.64. The second-order valence-corrected chi connectivity index (χ2v) is 4.00. The fourth-order valence-electron chi connectivity index (χ4n) is 1.75. The summed E-state index contributed by atoms with van der Waals surface area (Å²) in [5.74, 6) is 0.917.